The van der Waals surface area contributed by atoms with Crippen LogP contribution in [0, 0.1) is 0 Å². The van der Waals surface area contributed by atoms with E-state index in [4.69, 9.17) is 10.5 Å². The van der Waals surface area contributed by atoms with Gasteiger partial charge in [-0.05, 0) is 30.8 Å². The van der Waals surface area contributed by atoms with Gasteiger partial charge in [0.25, 0.3) is 11.8 Å². The number of halogens is 1. The van der Waals surface area contributed by atoms with Crippen LogP contribution < -0.4 is 21.1 Å². The number of nitrogens with one attached hydrogen (secondary N) is 2. The van der Waals surface area contributed by atoms with Crippen molar-refractivity contribution in [1.82, 2.24) is 10.6 Å². The number of carbonyl (C=O) groups excluding carboxylic acids is 2. The van der Waals surface area contributed by atoms with E-state index in [1.165, 1.54) is 0 Å². The molecule has 6 nitrogen and oxygen atoms in total. The van der Waals surface area contributed by atoms with E-state index in [9.17, 15) is 9.59 Å². The molecule has 0 bridgehead atoms. The lowest BCUT2D eigenvalue weighted by Gasteiger charge is -2.07. The average molecular weight is 302 g/mol. The Balaban J connectivity index is 0.00000361. The van der Waals surface area contributed by atoms with Crippen LogP contribution in [0.15, 0.2) is 24.3 Å². The summed E-state index contributed by atoms with van der Waals surface area (Å²) in [6.07, 6.45) is 0. The molecule has 0 unspecified atom stereocenters. The van der Waals surface area contributed by atoms with Crippen molar-refractivity contribution < 1.29 is 14.3 Å². The lowest BCUT2D eigenvalue weighted by atomic mass is 10.2. The summed E-state index contributed by atoms with van der Waals surface area (Å²) < 4.78 is 5.10. The molecule has 0 aromatic heterocycles. The average Bonchev–Trinajstić information content (AvgIpc) is 2.41. The maximum absolute atomic E-state index is 11.7. The standard InChI is InChI=1S/C13H19N3O3.ClH/c1-2-15-7-8-16-13(18)10-3-5-11(6-4-10)19-9-12(14)17;/h3-6,15H,2,7-9H2,1H3,(H2,14,17)(H,16,18);1H. The fourth-order valence-corrected chi connectivity index (χ4v) is 1.40. The van der Waals surface area contributed by atoms with E-state index in [0.29, 0.717) is 17.9 Å². The van der Waals surface area contributed by atoms with Gasteiger partial charge in [0.15, 0.2) is 6.61 Å². The first-order valence-electron chi connectivity index (χ1n) is 6.13. The number of likely N-dealkylation sites (N-methyl/N-ethyl adjacent to an activating group) is 1. The van der Waals surface area contributed by atoms with Crippen LogP contribution in [0.25, 0.3) is 0 Å². The summed E-state index contributed by atoms with van der Waals surface area (Å²) in [5, 5.41) is 5.90. The Morgan fingerprint density at radius 3 is 2.40 bits per heavy atom. The first kappa shape index (κ1) is 18.2. The maximum atomic E-state index is 11.7. The molecule has 0 aliphatic heterocycles. The van der Waals surface area contributed by atoms with E-state index in [1.807, 2.05) is 6.92 Å². The highest BCUT2D eigenvalue weighted by Gasteiger charge is 2.05. The number of nitrogens with two attached hydrogens (primary N) is 1. The van der Waals surface area contributed by atoms with Gasteiger partial charge in [0.1, 0.15) is 5.75 Å². The molecule has 1 rings (SSSR count). The van der Waals surface area contributed by atoms with Crippen LogP contribution in [0.3, 0.4) is 0 Å². The molecule has 20 heavy (non-hydrogen) atoms. The zero-order valence-electron chi connectivity index (χ0n) is 11.3. The molecule has 1 aromatic rings. The molecule has 0 saturated carbocycles. The van der Waals surface area contributed by atoms with Crippen molar-refractivity contribution in [3.05, 3.63) is 29.8 Å². The monoisotopic (exact) mass is 301 g/mol. The SMILES string of the molecule is CCNCCNC(=O)c1ccc(OCC(N)=O)cc1.Cl. The first-order valence-corrected chi connectivity index (χ1v) is 6.13. The normalized spacial score (nSPS) is 9.45. The number of ether oxygens (including phenoxy) is 1. The van der Waals surface area contributed by atoms with Crippen LogP contribution in [-0.2, 0) is 4.79 Å². The Kier molecular flexibility index (Phi) is 9.15. The largest absolute Gasteiger partial charge is 0.484 e. The van der Waals surface area contributed by atoms with Crippen LogP contribution in [0.2, 0.25) is 0 Å². The van der Waals surface area contributed by atoms with Crippen molar-refractivity contribution in [1.29, 1.82) is 0 Å². The number of hydrogen-bond acceptors (Lipinski definition) is 4. The highest BCUT2D eigenvalue weighted by Crippen LogP contribution is 2.11. The minimum absolute atomic E-state index is 0. The van der Waals surface area contributed by atoms with E-state index < -0.39 is 5.91 Å². The molecule has 1 aromatic carbocycles. The second-order valence-electron chi connectivity index (χ2n) is 3.89. The Bertz CT molecular complexity index is 423. The van der Waals surface area contributed by atoms with Crippen LogP contribution in [0.5, 0.6) is 5.75 Å². The van der Waals surface area contributed by atoms with Crippen molar-refractivity contribution in [3.8, 4) is 5.75 Å². The van der Waals surface area contributed by atoms with E-state index >= 15 is 0 Å². The molecule has 0 aliphatic carbocycles. The molecule has 0 aliphatic rings. The Labute approximate surface area is 124 Å². The number of hydrogen-bond donors (Lipinski definition) is 3. The van der Waals surface area contributed by atoms with Gasteiger partial charge in [0.05, 0.1) is 0 Å². The third kappa shape index (κ3) is 6.96. The molecule has 0 radical (unpaired) electrons. The topological polar surface area (TPSA) is 93.4 Å². The highest BCUT2D eigenvalue weighted by molar-refractivity contribution is 5.94. The summed E-state index contributed by atoms with van der Waals surface area (Å²) in [5.74, 6) is -0.174. The van der Waals surface area contributed by atoms with Gasteiger partial charge in [0.2, 0.25) is 0 Å². The smallest absolute Gasteiger partial charge is 0.255 e. The summed E-state index contributed by atoms with van der Waals surface area (Å²) in [5.41, 5.74) is 5.51. The Morgan fingerprint density at radius 1 is 1.20 bits per heavy atom. The molecule has 4 N–H and O–H groups in total. The third-order valence-corrected chi connectivity index (χ3v) is 2.33. The zero-order chi connectivity index (χ0) is 14.1. The minimum atomic E-state index is -0.537. The molecule has 0 spiro atoms. The summed E-state index contributed by atoms with van der Waals surface area (Å²) in [6, 6.07) is 6.53. The second kappa shape index (κ2) is 10.1. The molecular formula is C13H20ClN3O3. The lowest BCUT2D eigenvalue weighted by molar-refractivity contribution is -0.119. The van der Waals surface area contributed by atoms with Crippen LogP contribution >= 0.6 is 12.4 Å². The highest BCUT2D eigenvalue weighted by atomic mass is 35.5. The summed E-state index contributed by atoms with van der Waals surface area (Å²) >= 11 is 0. The fraction of sp³-hybridized carbons (Fsp3) is 0.385. The summed E-state index contributed by atoms with van der Waals surface area (Å²) in [7, 11) is 0. The molecule has 0 saturated heterocycles. The molecule has 0 atom stereocenters. The van der Waals surface area contributed by atoms with Gasteiger partial charge in [-0.2, -0.15) is 0 Å². The van der Waals surface area contributed by atoms with E-state index in [2.05, 4.69) is 10.6 Å². The van der Waals surface area contributed by atoms with Gasteiger partial charge >= 0.3 is 0 Å². The Morgan fingerprint density at radius 2 is 1.85 bits per heavy atom. The minimum Gasteiger partial charge on any atom is -0.484 e. The molecule has 112 valence electrons. The second-order valence-corrected chi connectivity index (χ2v) is 3.89. The van der Waals surface area contributed by atoms with Crippen LogP contribution in [0.1, 0.15) is 17.3 Å². The summed E-state index contributed by atoms with van der Waals surface area (Å²) in [6.45, 7) is 4.03. The zero-order valence-corrected chi connectivity index (χ0v) is 12.2. The molecule has 7 heteroatoms. The van der Waals surface area contributed by atoms with Crippen molar-refractivity contribution in [3.63, 3.8) is 0 Å². The van der Waals surface area contributed by atoms with E-state index in [-0.39, 0.29) is 24.9 Å². The predicted octanol–water partition coefficient (Wildman–Crippen LogP) is 0.312. The lowest BCUT2D eigenvalue weighted by Crippen LogP contribution is -2.31. The first-order chi connectivity index (χ1) is 9.13. The number of benzene rings is 1. The van der Waals surface area contributed by atoms with Crippen LogP contribution in [-0.4, -0.2) is 38.1 Å². The predicted molar refractivity (Wildman–Crippen MR) is 79.3 cm³/mol. The van der Waals surface area contributed by atoms with Crippen molar-refractivity contribution in [2.24, 2.45) is 5.73 Å². The fourth-order valence-electron chi connectivity index (χ4n) is 1.40. The van der Waals surface area contributed by atoms with Gasteiger partial charge in [-0.3, -0.25) is 9.59 Å². The Hall–Kier alpha value is -1.79. The molecule has 2 amide bonds. The van der Waals surface area contributed by atoms with Gasteiger partial charge < -0.3 is 21.1 Å². The number of carbonyl (C=O) groups is 2. The van der Waals surface area contributed by atoms with Crippen LogP contribution in [0.4, 0.5) is 0 Å². The third-order valence-electron chi connectivity index (χ3n) is 2.33. The number of primary amides is 1. The van der Waals surface area contributed by atoms with Crippen molar-refractivity contribution in [2.45, 2.75) is 6.92 Å². The number of amides is 2. The molecule has 0 heterocycles. The van der Waals surface area contributed by atoms with Gasteiger partial charge in [-0.25, -0.2) is 0 Å². The van der Waals surface area contributed by atoms with E-state index in [1.54, 1.807) is 24.3 Å². The van der Waals surface area contributed by atoms with Gasteiger partial charge in [0, 0.05) is 18.7 Å². The van der Waals surface area contributed by atoms with E-state index in [0.717, 1.165) is 13.1 Å². The quantitative estimate of drug-likeness (QED) is 0.603. The molecule has 0 fully saturated rings. The molecular weight excluding hydrogens is 282 g/mol. The maximum Gasteiger partial charge on any atom is 0.255 e. The van der Waals surface area contributed by atoms with Crippen molar-refractivity contribution in [2.75, 3.05) is 26.2 Å². The summed E-state index contributed by atoms with van der Waals surface area (Å²) in [4.78, 5) is 22.3. The van der Waals surface area contributed by atoms with Gasteiger partial charge in [-0.15, -0.1) is 12.4 Å². The van der Waals surface area contributed by atoms with Gasteiger partial charge in [-0.1, -0.05) is 6.92 Å². The number of rotatable bonds is 8. The van der Waals surface area contributed by atoms with Crippen molar-refractivity contribution >= 4 is 24.2 Å².